The highest BCUT2D eigenvalue weighted by Crippen LogP contribution is 2.27. The van der Waals surface area contributed by atoms with E-state index in [9.17, 15) is 0 Å². The van der Waals surface area contributed by atoms with Crippen LogP contribution in [-0.2, 0) is 11.8 Å². The van der Waals surface area contributed by atoms with Gasteiger partial charge in [0.1, 0.15) is 0 Å². The number of aryl methyl sites for hydroxylation is 1. The molecule has 14 heavy (non-hydrogen) atoms. The Labute approximate surface area is 85.4 Å². The number of nitrogen functional groups attached to an aromatic ring is 1. The average Bonchev–Trinajstić information content (AvgIpc) is 2.17. The lowest BCUT2D eigenvalue weighted by Gasteiger charge is -2.19. The Morgan fingerprint density at radius 1 is 1.43 bits per heavy atom. The lowest BCUT2D eigenvalue weighted by Crippen LogP contribution is -2.16. The van der Waals surface area contributed by atoms with Crippen LogP contribution in [0.2, 0.25) is 0 Å². The third-order valence-corrected chi connectivity index (χ3v) is 2.46. The molecule has 0 spiro atoms. The molecule has 1 aromatic carbocycles. The fraction of sp³-hybridized carbons (Fsp3) is 0.417. The molecule has 0 saturated heterocycles. The highest BCUT2D eigenvalue weighted by Gasteiger charge is 2.22. The van der Waals surface area contributed by atoms with Crippen LogP contribution < -0.4 is 5.73 Å². The zero-order chi connectivity index (χ0) is 10.8. The number of nitriles is 1. The second kappa shape index (κ2) is 3.71. The van der Waals surface area contributed by atoms with Crippen molar-refractivity contribution in [3.8, 4) is 6.07 Å². The summed E-state index contributed by atoms with van der Waals surface area (Å²) in [6, 6.07) is 8.07. The van der Waals surface area contributed by atoms with E-state index in [0.717, 1.165) is 23.2 Å². The summed E-state index contributed by atoms with van der Waals surface area (Å²) in [7, 11) is 0. The number of benzene rings is 1. The Hall–Kier alpha value is -1.49. The molecule has 0 radical (unpaired) electrons. The maximum Gasteiger partial charge on any atom is 0.0769 e. The van der Waals surface area contributed by atoms with Gasteiger partial charge in [-0.3, -0.25) is 0 Å². The predicted molar refractivity (Wildman–Crippen MR) is 58.9 cm³/mol. The third kappa shape index (κ3) is 1.88. The SMILES string of the molecule is CCc1cc(N)ccc1C(C)(C)C#N. The van der Waals surface area contributed by atoms with Gasteiger partial charge in [0.05, 0.1) is 11.5 Å². The quantitative estimate of drug-likeness (QED) is 0.725. The topological polar surface area (TPSA) is 49.8 Å². The Bertz CT molecular complexity index is 372. The fourth-order valence-corrected chi connectivity index (χ4v) is 1.58. The molecule has 1 aromatic rings. The predicted octanol–water partition coefficient (Wildman–Crippen LogP) is 2.63. The highest BCUT2D eigenvalue weighted by molar-refractivity contribution is 5.48. The van der Waals surface area contributed by atoms with Crippen molar-refractivity contribution in [2.24, 2.45) is 0 Å². The van der Waals surface area contributed by atoms with Gasteiger partial charge < -0.3 is 5.73 Å². The first-order chi connectivity index (χ1) is 6.51. The lowest BCUT2D eigenvalue weighted by molar-refractivity contribution is 0.677. The van der Waals surface area contributed by atoms with Crippen LogP contribution in [0.1, 0.15) is 31.9 Å². The van der Waals surface area contributed by atoms with Crippen molar-refractivity contribution < 1.29 is 0 Å². The van der Waals surface area contributed by atoms with E-state index in [2.05, 4.69) is 13.0 Å². The molecule has 0 aliphatic heterocycles. The van der Waals surface area contributed by atoms with Gasteiger partial charge in [-0.25, -0.2) is 0 Å². The Morgan fingerprint density at radius 3 is 2.57 bits per heavy atom. The van der Waals surface area contributed by atoms with E-state index in [-0.39, 0.29) is 0 Å². The molecule has 0 unspecified atom stereocenters. The van der Waals surface area contributed by atoms with E-state index in [0.29, 0.717) is 0 Å². The molecule has 0 saturated carbocycles. The number of nitrogens with two attached hydrogens (primary N) is 1. The third-order valence-electron chi connectivity index (χ3n) is 2.46. The van der Waals surface area contributed by atoms with Gasteiger partial charge in [-0.1, -0.05) is 13.0 Å². The number of hydrogen-bond donors (Lipinski definition) is 1. The van der Waals surface area contributed by atoms with Gasteiger partial charge in [-0.15, -0.1) is 0 Å². The largest absolute Gasteiger partial charge is 0.399 e. The number of hydrogen-bond acceptors (Lipinski definition) is 2. The Balaban J connectivity index is 3.29. The number of nitrogens with zero attached hydrogens (tertiary/aromatic N) is 1. The normalized spacial score (nSPS) is 11.0. The molecule has 0 heterocycles. The van der Waals surface area contributed by atoms with Crippen molar-refractivity contribution in [1.82, 2.24) is 0 Å². The molecule has 0 atom stereocenters. The van der Waals surface area contributed by atoms with Gasteiger partial charge in [0, 0.05) is 5.69 Å². The minimum atomic E-state index is -0.432. The van der Waals surface area contributed by atoms with Crippen LogP contribution in [0.3, 0.4) is 0 Å². The summed E-state index contributed by atoms with van der Waals surface area (Å²) in [5.41, 5.74) is 8.28. The van der Waals surface area contributed by atoms with Crippen LogP contribution in [-0.4, -0.2) is 0 Å². The van der Waals surface area contributed by atoms with Crippen molar-refractivity contribution in [2.45, 2.75) is 32.6 Å². The molecule has 1 rings (SSSR count). The average molecular weight is 188 g/mol. The lowest BCUT2D eigenvalue weighted by atomic mass is 9.82. The van der Waals surface area contributed by atoms with E-state index in [1.165, 1.54) is 0 Å². The van der Waals surface area contributed by atoms with E-state index < -0.39 is 5.41 Å². The maximum absolute atomic E-state index is 9.06. The fourth-order valence-electron chi connectivity index (χ4n) is 1.58. The standard InChI is InChI=1S/C12H16N2/c1-4-9-7-10(14)5-6-11(9)12(2,3)8-13/h5-7H,4,14H2,1-3H3. The Morgan fingerprint density at radius 2 is 2.07 bits per heavy atom. The van der Waals surface area contributed by atoms with Crippen LogP contribution >= 0.6 is 0 Å². The Kier molecular flexibility index (Phi) is 2.81. The summed E-state index contributed by atoms with van der Waals surface area (Å²) in [5, 5.41) is 9.06. The van der Waals surface area contributed by atoms with Crippen LogP contribution in [0, 0.1) is 11.3 Å². The molecule has 0 bridgehead atoms. The minimum Gasteiger partial charge on any atom is -0.399 e. The van der Waals surface area contributed by atoms with Crippen molar-refractivity contribution in [2.75, 3.05) is 5.73 Å². The zero-order valence-electron chi connectivity index (χ0n) is 8.96. The minimum absolute atomic E-state index is 0.432. The molecule has 0 aliphatic carbocycles. The molecular formula is C12H16N2. The second-order valence-electron chi connectivity index (χ2n) is 4.01. The van der Waals surface area contributed by atoms with E-state index in [1.54, 1.807) is 0 Å². The number of anilines is 1. The first-order valence-corrected chi connectivity index (χ1v) is 4.81. The van der Waals surface area contributed by atoms with E-state index in [4.69, 9.17) is 11.0 Å². The molecule has 0 aromatic heterocycles. The maximum atomic E-state index is 9.06. The van der Waals surface area contributed by atoms with Crippen molar-refractivity contribution in [3.63, 3.8) is 0 Å². The molecule has 2 N–H and O–H groups in total. The van der Waals surface area contributed by atoms with Gasteiger partial charge in [0.15, 0.2) is 0 Å². The monoisotopic (exact) mass is 188 g/mol. The van der Waals surface area contributed by atoms with Crippen LogP contribution in [0.5, 0.6) is 0 Å². The smallest absolute Gasteiger partial charge is 0.0769 e. The molecular weight excluding hydrogens is 172 g/mol. The molecule has 2 heteroatoms. The van der Waals surface area contributed by atoms with Gasteiger partial charge >= 0.3 is 0 Å². The molecule has 0 amide bonds. The first kappa shape index (κ1) is 10.6. The molecule has 0 aliphatic rings. The van der Waals surface area contributed by atoms with Crippen LogP contribution in [0.15, 0.2) is 18.2 Å². The summed E-state index contributed by atoms with van der Waals surface area (Å²) in [5.74, 6) is 0. The summed E-state index contributed by atoms with van der Waals surface area (Å²) in [6.45, 7) is 5.93. The molecule has 2 nitrogen and oxygen atoms in total. The van der Waals surface area contributed by atoms with E-state index in [1.807, 2.05) is 32.0 Å². The van der Waals surface area contributed by atoms with Gasteiger partial charge in [0.2, 0.25) is 0 Å². The van der Waals surface area contributed by atoms with E-state index >= 15 is 0 Å². The molecule has 74 valence electrons. The summed E-state index contributed by atoms with van der Waals surface area (Å²) in [4.78, 5) is 0. The van der Waals surface area contributed by atoms with Gasteiger partial charge in [-0.2, -0.15) is 5.26 Å². The van der Waals surface area contributed by atoms with Gasteiger partial charge in [0.25, 0.3) is 0 Å². The summed E-state index contributed by atoms with van der Waals surface area (Å²) in [6.07, 6.45) is 0.908. The van der Waals surface area contributed by atoms with Crippen LogP contribution in [0.25, 0.3) is 0 Å². The summed E-state index contributed by atoms with van der Waals surface area (Å²) < 4.78 is 0. The summed E-state index contributed by atoms with van der Waals surface area (Å²) >= 11 is 0. The zero-order valence-corrected chi connectivity index (χ0v) is 8.96. The van der Waals surface area contributed by atoms with Gasteiger partial charge in [-0.05, 0) is 43.5 Å². The highest BCUT2D eigenvalue weighted by atomic mass is 14.5. The first-order valence-electron chi connectivity index (χ1n) is 4.81. The van der Waals surface area contributed by atoms with Crippen molar-refractivity contribution >= 4 is 5.69 Å². The second-order valence-corrected chi connectivity index (χ2v) is 4.01. The van der Waals surface area contributed by atoms with Crippen molar-refractivity contribution in [3.05, 3.63) is 29.3 Å². The van der Waals surface area contributed by atoms with Crippen molar-refractivity contribution in [1.29, 1.82) is 5.26 Å². The molecule has 0 fully saturated rings. The van der Waals surface area contributed by atoms with Crippen LogP contribution in [0.4, 0.5) is 5.69 Å². The number of rotatable bonds is 2.